The molecule has 130 valence electrons. The van der Waals surface area contributed by atoms with Crippen molar-refractivity contribution in [2.45, 2.75) is 31.0 Å². The van der Waals surface area contributed by atoms with Crippen molar-refractivity contribution >= 4 is 27.3 Å². The quantitative estimate of drug-likeness (QED) is 0.829. The lowest BCUT2D eigenvalue weighted by molar-refractivity contribution is -0.123. The first kappa shape index (κ1) is 18.4. The zero-order valence-electron chi connectivity index (χ0n) is 13.9. The number of amides is 1. The van der Waals surface area contributed by atoms with Crippen molar-refractivity contribution < 1.29 is 13.2 Å². The molecule has 1 aromatic rings. The molecule has 0 saturated carbocycles. The Morgan fingerprint density at radius 3 is 2.43 bits per heavy atom. The average molecular weight is 360 g/mol. The monoisotopic (exact) mass is 359 g/mol. The summed E-state index contributed by atoms with van der Waals surface area (Å²) < 4.78 is 26.8. The Morgan fingerprint density at radius 1 is 1.26 bits per heavy atom. The smallest absolute Gasteiger partial charge is 0.252 e. The minimum Gasteiger partial charge on any atom is -0.352 e. The minimum atomic E-state index is -3.38. The summed E-state index contributed by atoms with van der Waals surface area (Å²) in [5.41, 5.74) is 0. The molecule has 0 bridgehead atoms. The Bertz CT molecular complexity index is 606. The van der Waals surface area contributed by atoms with Gasteiger partial charge in [0.1, 0.15) is 4.21 Å². The van der Waals surface area contributed by atoms with Crippen LogP contribution in [0.4, 0.5) is 0 Å². The van der Waals surface area contributed by atoms with Crippen LogP contribution in [-0.2, 0) is 14.8 Å². The molecule has 8 heteroatoms. The fourth-order valence-corrected chi connectivity index (χ4v) is 4.90. The second-order valence-electron chi connectivity index (χ2n) is 6.21. The van der Waals surface area contributed by atoms with Gasteiger partial charge in [0.15, 0.2) is 0 Å². The predicted octanol–water partition coefficient (Wildman–Crippen LogP) is 1.22. The second kappa shape index (κ2) is 7.74. The van der Waals surface area contributed by atoms with Gasteiger partial charge in [0, 0.05) is 32.2 Å². The van der Waals surface area contributed by atoms with Gasteiger partial charge in [-0.25, -0.2) is 8.42 Å². The number of carbonyl (C=O) groups is 1. The van der Waals surface area contributed by atoms with Crippen LogP contribution in [0.1, 0.15) is 20.8 Å². The molecule has 1 atom stereocenters. The van der Waals surface area contributed by atoms with Gasteiger partial charge in [0.25, 0.3) is 10.0 Å². The van der Waals surface area contributed by atoms with E-state index in [1.165, 1.54) is 15.6 Å². The van der Waals surface area contributed by atoms with Crippen LogP contribution < -0.4 is 5.32 Å². The number of sulfonamides is 1. The number of hydrogen-bond acceptors (Lipinski definition) is 5. The minimum absolute atomic E-state index is 0.000707. The molecule has 1 fully saturated rings. The molecule has 1 amide bonds. The van der Waals surface area contributed by atoms with Gasteiger partial charge in [-0.05, 0) is 24.3 Å². The van der Waals surface area contributed by atoms with E-state index < -0.39 is 10.0 Å². The Balaban J connectivity index is 1.83. The summed E-state index contributed by atoms with van der Waals surface area (Å²) in [7, 11) is -3.38. The van der Waals surface area contributed by atoms with Crippen molar-refractivity contribution in [1.29, 1.82) is 0 Å². The van der Waals surface area contributed by atoms with Crippen LogP contribution in [0.5, 0.6) is 0 Å². The van der Waals surface area contributed by atoms with Gasteiger partial charge in [-0.15, -0.1) is 11.3 Å². The zero-order valence-corrected chi connectivity index (χ0v) is 15.5. The Hall–Kier alpha value is -0.960. The van der Waals surface area contributed by atoms with E-state index in [2.05, 4.69) is 19.2 Å². The molecule has 1 aliphatic heterocycles. The van der Waals surface area contributed by atoms with E-state index in [9.17, 15) is 13.2 Å². The van der Waals surface area contributed by atoms with E-state index in [1.807, 2.05) is 11.8 Å². The highest BCUT2D eigenvalue weighted by Gasteiger charge is 2.29. The number of carbonyl (C=O) groups excluding carboxylic acids is 1. The van der Waals surface area contributed by atoms with E-state index in [0.717, 1.165) is 0 Å². The second-order valence-corrected chi connectivity index (χ2v) is 9.32. The first-order chi connectivity index (χ1) is 10.8. The van der Waals surface area contributed by atoms with Crippen molar-refractivity contribution in [1.82, 2.24) is 14.5 Å². The molecule has 1 N–H and O–H groups in total. The molecule has 1 aliphatic rings. The number of thiophene rings is 1. The Labute approximate surface area is 142 Å². The van der Waals surface area contributed by atoms with Crippen molar-refractivity contribution in [3.63, 3.8) is 0 Å². The van der Waals surface area contributed by atoms with Crippen molar-refractivity contribution in [3.8, 4) is 0 Å². The molecule has 2 rings (SSSR count). The van der Waals surface area contributed by atoms with E-state index in [0.29, 0.717) is 42.9 Å². The fourth-order valence-electron chi connectivity index (χ4n) is 2.33. The van der Waals surface area contributed by atoms with E-state index >= 15 is 0 Å². The van der Waals surface area contributed by atoms with Gasteiger partial charge in [0.2, 0.25) is 5.91 Å². The molecule has 23 heavy (non-hydrogen) atoms. The normalized spacial score (nSPS) is 19.0. The van der Waals surface area contributed by atoms with Crippen molar-refractivity contribution in [3.05, 3.63) is 17.5 Å². The number of hydrogen-bond donors (Lipinski definition) is 1. The molecule has 0 unspecified atom stereocenters. The van der Waals surface area contributed by atoms with Crippen LogP contribution in [0.25, 0.3) is 0 Å². The maximum Gasteiger partial charge on any atom is 0.252 e. The number of nitrogens with zero attached hydrogens (tertiary/aromatic N) is 2. The molecular formula is C15H25N3O3S2. The van der Waals surface area contributed by atoms with Crippen LogP contribution in [0.15, 0.2) is 21.7 Å². The molecular weight excluding hydrogens is 334 g/mol. The van der Waals surface area contributed by atoms with Gasteiger partial charge >= 0.3 is 0 Å². The number of nitrogens with one attached hydrogen (secondary N) is 1. The first-order valence-corrected chi connectivity index (χ1v) is 10.2. The summed E-state index contributed by atoms with van der Waals surface area (Å²) in [5.74, 6) is 0.396. The maximum absolute atomic E-state index is 12.4. The largest absolute Gasteiger partial charge is 0.352 e. The predicted molar refractivity (Wildman–Crippen MR) is 92.0 cm³/mol. The van der Waals surface area contributed by atoms with Crippen LogP contribution in [-0.4, -0.2) is 62.3 Å². The molecule has 6 nitrogen and oxygen atoms in total. The highest BCUT2D eigenvalue weighted by Crippen LogP contribution is 2.21. The lowest BCUT2D eigenvalue weighted by Gasteiger charge is -2.33. The SMILES string of the molecule is CC(C)[C@H](C)NC(=O)CN1CCN(S(=O)(=O)c2cccs2)CC1. The molecule has 2 heterocycles. The van der Waals surface area contributed by atoms with Gasteiger partial charge in [0.05, 0.1) is 6.54 Å². The summed E-state index contributed by atoms with van der Waals surface area (Å²) in [6.45, 7) is 8.46. The highest BCUT2D eigenvalue weighted by molar-refractivity contribution is 7.91. The van der Waals surface area contributed by atoms with Crippen LogP contribution in [0, 0.1) is 5.92 Å². The molecule has 0 aliphatic carbocycles. The number of rotatable bonds is 6. The van der Waals surface area contributed by atoms with Gasteiger partial charge < -0.3 is 5.32 Å². The molecule has 1 saturated heterocycles. The zero-order chi connectivity index (χ0) is 17.0. The lowest BCUT2D eigenvalue weighted by Crippen LogP contribution is -2.51. The maximum atomic E-state index is 12.4. The van der Waals surface area contributed by atoms with E-state index in [4.69, 9.17) is 0 Å². The van der Waals surface area contributed by atoms with Crippen molar-refractivity contribution in [2.24, 2.45) is 5.92 Å². The van der Waals surface area contributed by atoms with Gasteiger partial charge in [-0.2, -0.15) is 4.31 Å². The third-order valence-corrected chi connectivity index (χ3v) is 7.45. The van der Waals surface area contributed by atoms with Crippen molar-refractivity contribution in [2.75, 3.05) is 32.7 Å². The molecule has 0 spiro atoms. The van der Waals surface area contributed by atoms with Crippen LogP contribution >= 0.6 is 11.3 Å². The Morgan fingerprint density at radius 2 is 1.91 bits per heavy atom. The summed E-state index contributed by atoms with van der Waals surface area (Å²) in [6.07, 6.45) is 0. The summed E-state index contributed by atoms with van der Waals surface area (Å²) >= 11 is 1.24. The third-order valence-electron chi connectivity index (χ3n) is 4.18. The summed E-state index contributed by atoms with van der Waals surface area (Å²) in [6, 6.07) is 3.52. The molecule has 0 radical (unpaired) electrons. The summed E-state index contributed by atoms with van der Waals surface area (Å²) in [4.78, 5) is 14.0. The highest BCUT2D eigenvalue weighted by atomic mass is 32.2. The lowest BCUT2D eigenvalue weighted by atomic mass is 10.1. The fraction of sp³-hybridized carbons (Fsp3) is 0.667. The number of piperazine rings is 1. The third kappa shape index (κ3) is 4.76. The Kier molecular flexibility index (Phi) is 6.19. The first-order valence-electron chi connectivity index (χ1n) is 7.86. The van der Waals surface area contributed by atoms with E-state index in [-0.39, 0.29) is 11.9 Å². The van der Waals surface area contributed by atoms with Gasteiger partial charge in [-0.1, -0.05) is 19.9 Å². The van der Waals surface area contributed by atoms with Gasteiger partial charge in [-0.3, -0.25) is 9.69 Å². The summed E-state index contributed by atoms with van der Waals surface area (Å²) in [5, 5.41) is 4.75. The topological polar surface area (TPSA) is 69.7 Å². The van der Waals surface area contributed by atoms with E-state index in [1.54, 1.807) is 17.5 Å². The van der Waals surface area contributed by atoms with Crippen LogP contribution in [0.3, 0.4) is 0 Å². The molecule has 1 aromatic heterocycles. The molecule has 0 aromatic carbocycles. The van der Waals surface area contributed by atoms with Crippen LogP contribution in [0.2, 0.25) is 0 Å². The average Bonchev–Trinajstić information content (AvgIpc) is 3.02. The standard InChI is InChI=1S/C15H25N3O3S2/c1-12(2)13(3)16-14(19)11-17-6-8-18(9-7-17)23(20,21)15-5-4-10-22-15/h4-5,10,12-13H,6-9,11H2,1-3H3,(H,16,19)/t13-/m0/s1.